The number of carbonyl (C=O) groups excluding carboxylic acids is 2. The summed E-state index contributed by atoms with van der Waals surface area (Å²) in [7, 11) is 1.66. The molecule has 1 unspecified atom stereocenters. The van der Waals surface area contributed by atoms with Crippen LogP contribution in [0.1, 0.15) is 22.9 Å². The van der Waals surface area contributed by atoms with Crippen LogP contribution in [0.3, 0.4) is 0 Å². The zero-order chi connectivity index (χ0) is 24.8. The lowest BCUT2D eigenvalue weighted by molar-refractivity contribution is -0.136. The van der Waals surface area contributed by atoms with Gasteiger partial charge in [0.15, 0.2) is 0 Å². The summed E-state index contributed by atoms with van der Waals surface area (Å²) in [5.74, 6) is 0.246. The van der Waals surface area contributed by atoms with Crippen LogP contribution in [0.15, 0.2) is 65.3 Å². The normalized spacial score (nSPS) is 14.9. The van der Waals surface area contributed by atoms with Gasteiger partial charge in [-0.1, -0.05) is 6.07 Å². The third-order valence-electron chi connectivity index (χ3n) is 6.21. The zero-order valence-corrected chi connectivity index (χ0v) is 20.4. The summed E-state index contributed by atoms with van der Waals surface area (Å²) in [6, 6.07) is 17.3. The van der Waals surface area contributed by atoms with E-state index in [-0.39, 0.29) is 12.6 Å². The van der Waals surface area contributed by atoms with Gasteiger partial charge in [-0.15, -0.1) is 0 Å². The predicted octanol–water partition coefficient (Wildman–Crippen LogP) is 3.52. The van der Waals surface area contributed by atoms with Crippen molar-refractivity contribution in [3.63, 3.8) is 0 Å². The number of ether oxygens (including phenoxy) is 1. The number of furan rings is 1. The second-order valence-corrected chi connectivity index (χ2v) is 8.79. The van der Waals surface area contributed by atoms with E-state index in [1.165, 1.54) is 0 Å². The molecule has 8 heteroatoms. The lowest BCUT2D eigenvalue weighted by Gasteiger charge is -2.39. The maximum atomic E-state index is 12.6. The number of piperazine rings is 1. The van der Waals surface area contributed by atoms with E-state index in [9.17, 15) is 9.59 Å². The van der Waals surface area contributed by atoms with Crippen LogP contribution in [-0.4, -0.2) is 56.5 Å². The Morgan fingerprint density at radius 3 is 2.26 bits per heavy atom. The van der Waals surface area contributed by atoms with Crippen molar-refractivity contribution < 1.29 is 18.7 Å². The van der Waals surface area contributed by atoms with E-state index in [1.54, 1.807) is 13.4 Å². The molecular weight excluding hydrogens is 444 g/mol. The number of methoxy groups -OCH3 is 1. The van der Waals surface area contributed by atoms with Gasteiger partial charge in [0.1, 0.15) is 11.5 Å². The molecule has 2 aromatic carbocycles. The molecule has 184 valence electrons. The third kappa shape index (κ3) is 6.22. The smallest absolute Gasteiger partial charge is 0.313 e. The van der Waals surface area contributed by atoms with Crippen LogP contribution in [0, 0.1) is 13.8 Å². The highest BCUT2D eigenvalue weighted by molar-refractivity contribution is 6.39. The number of benzene rings is 2. The molecule has 1 fully saturated rings. The minimum Gasteiger partial charge on any atom is -0.497 e. The van der Waals surface area contributed by atoms with E-state index in [4.69, 9.17) is 9.15 Å². The number of hydrogen-bond donors (Lipinski definition) is 2. The second kappa shape index (κ2) is 11.1. The van der Waals surface area contributed by atoms with Gasteiger partial charge in [0.2, 0.25) is 0 Å². The molecule has 4 rings (SSSR count). The lowest BCUT2D eigenvalue weighted by Crippen LogP contribution is -2.50. The molecule has 0 saturated carbocycles. The Hall–Kier alpha value is -3.78. The lowest BCUT2D eigenvalue weighted by atomic mass is 10.1. The monoisotopic (exact) mass is 476 g/mol. The molecule has 0 radical (unpaired) electrons. The average molecular weight is 477 g/mol. The Balaban J connectivity index is 1.35. The first-order valence-corrected chi connectivity index (χ1v) is 11.8. The zero-order valence-electron chi connectivity index (χ0n) is 20.4. The molecule has 0 aliphatic carbocycles. The summed E-state index contributed by atoms with van der Waals surface area (Å²) in [4.78, 5) is 29.7. The number of nitrogens with zero attached hydrogens (tertiary/aromatic N) is 2. The summed E-state index contributed by atoms with van der Waals surface area (Å²) in [6.45, 7) is 7.44. The third-order valence-corrected chi connectivity index (χ3v) is 6.21. The van der Waals surface area contributed by atoms with Crippen molar-refractivity contribution in [2.45, 2.75) is 19.9 Å². The van der Waals surface area contributed by atoms with Gasteiger partial charge in [-0.25, -0.2) is 0 Å². The molecule has 8 nitrogen and oxygen atoms in total. The van der Waals surface area contributed by atoms with E-state index in [0.717, 1.165) is 54.5 Å². The highest BCUT2D eigenvalue weighted by Crippen LogP contribution is 2.25. The Bertz CT molecular complexity index is 1120. The fraction of sp³-hybridized carbons (Fsp3) is 0.333. The molecule has 1 aromatic heterocycles. The van der Waals surface area contributed by atoms with Gasteiger partial charge in [-0.3, -0.25) is 14.5 Å². The number of rotatable bonds is 7. The van der Waals surface area contributed by atoms with Crippen LogP contribution < -0.4 is 20.3 Å². The minimum atomic E-state index is -0.683. The first kappa shape index (κ1) is 24.3. The van der Waals surface area contributed by atoms with Crippen LogP contribution in [-0.2, 0) is 9.59 Å². The van der Waals surface area contributed by atoms with Gasteiger partial charge in [-0.2, -0.15) is 0 Å². The van der Waals surface area contributed by atoms with Gasteiger partial charge >= 0.3 is 11.8 Å². The van der Waals surface area contributed by atoms with Crippen LogP contribution in [0.4, 0.5) is 11.4 Å². The summed E-state index contributed by atoms with van der Waals surface area (Å²) >= 11 is 0. The van der Waals surface area contributed by atoms with Gasteiger partial charge in [0, 0.05) is 44.1 Å². The van der Waals surface area contributed by atoms with Crippen molar-refractivity contribution in [3.8, 4) is 5.75 Å². The van der Waals surface area contributed by atoms with Crippen molar-refractivity contribution >= 4 is 23.2 Å². The summed E-state index contributed by atoms with van der Waals surface area (Å²) in [5, 5.41) is 5.48. The van der Waals surface area contributed by atoms with Crippen molar-refractivity contribution in [1.29, 1.82) is 0 Å². The fourth-order valence-electron chi connectivity index (χ4n) is 4.48. The molecule has 3 aromatic rings. The summed E-state index contributed by atoms with van der Waals surface area (Å²) < 4.78 is 10.9. The molecule has 0 bridgehead atoms. The van der Waals surface area contributed by atoms with Crippen molar-refractivity contribution in [3.05, 3.63) is 77.7 Å². The Labute approximate surface area is 205 Å². The van der Waals surface area contributed by atoms with E-state index in [2.05, 4.69) is 32.6 Å². The first-order chi connectivity index (χ1) is 16.9. The summed E-state index contributed by atoms with van der Waals surface area (Å²) in [5.41, 5.74) is 3.80. The molecule has 1 atom stereocenters. The van der Waals surface area contributed by atoms with Crippen LogP contribution in [0.25, 0.3) is 0 Å². The van der Waals surface area contributed by atoms with Gasteiger partial charge in [0.05, 0.1) is 19.4 Å². The quantitative estimate of drug-likeness (QED) is 0.508. The number of anilines is 2. The molecule has 2 N–H and O–H groups in total. The SMILES string of the molecule is COc1ccc(N2CCN(C(CNC(=O)C(=O)Nc3cc(C)cc(C)c3)c3ccco3)CC2)cc1. The van der Waals surface area contributed by atoms with Crippen LogP contribution in [0.2, 0.25) is 0 Å². The molecule has 1 saturated heterocycles. The van der Waals surface area contributed by atoms with E-state index in [0.29, 0.717) is 5.69 Å². The summed E-state index contributed by atoms with van der Waals surface area (Å²) in [6.07, 6.45) is 1.63. The second-order valence-electron chi connectivity index (χ2n) is 8.79. The number of amides is 2. The van der Waals surface area contributed by atoms with Gasteiger partial charge in [0.25, 0.3) is 0 Å². The molecule has 35 heavy (non-hydrogen) atoms. The number of aryl methyl sites for hydroxylation is 2. The molecule has 1 aliphatic heterocycles. The maximum Gasteiger partial charge on any atom is 0.313 e. The van der Waals surface area contributed by atoms with Crippen molar-refractivity contribution in [1.82, 2.24) is 10.2 Å². The maximum absolute atomic E-state index is 12.6. The Morgan fingerprint density at radius 1 is 0.971 bits per heavy atom. The number of carbonyl (C=O) groups is 2. The Morgan fingerprint density at radius 2 is 1.66 bits per heavy atom. The van der Waals surface area contributed by atoms with E-state index >= 15 is 0 Å². The number of hydrogen-bond acceptors (Lipinski definition) is 6. The largest absolute Gasteiger partial charge is 0.497 e. The number of nitrogens with one attached hydrogen (secondary N) is 2. The van der Waals surface area contributed by atoms with Crippen molar-refractivity contribution in [2.75, 3.05) is 50.1 Å². The van der Waals surface area contributed by atoms with Crippen LogP contribution >= 0.6 is 0 Å². The molecule has 0 spiro atoms. The van der Waals surface area contributed by atoms with Crippen LogP contribution in [0.5, 0.6) is 5.75 Å². The standard InChI is InChI=1S/C27H32N4O4/c1-19-15-20(2)17-21(16-19)29-27(33)26(32)28-18-24(25-5-4-14-35-25)31-12-10-30(11-13-31)22-6-8-23(34-3)9-7-22/h4-9,14-17,24H,10-13,18H2,1-3H3,(H,28,32)(H,29,33). The van der Waals surface area contributed by atoms with E-state index in [1.807, 2.05) is 56.3 Å². The minimum absolute atomic E-state index is 0.166. The van der Waals surface area contributed by atoms with Gasteiger partial charge < -0.3 is 24.7 Å². The highest BCUT2D eigenvalue weighted by atomic mass is 16.5. The Kier molecular flexibility index (Phi) is 7.72. The molecule has 2 heterocycles. The predicted molar refractivity (Wildman–Crippen MR) is 136 cm³/mol. The molecule has 1 aliphatic rings. The first-order valence-electron chi connectivity index (χ1n) is 11.8. The molecular formula is C27H32N4O4. The average Bonchev–Trinajstić information content (AvgIpc) is 3.38. The molecule has 2 amide bonds. The topological polar surface area (TPSA) is 87.0 Å². The van der Waals surface area contributed by atoms with Crippen molar-refractivity contribution in [2.24, 2.45) is 0 Å². The van der Waals surface area contributed by atoms with E-state index < -0.39 is 11.8 Å². The highest BCUT2D eigenvalue weighted by Gasteiger charge is 2.28. The fourth-order valence-corrected chi connectivity index (χ4v) is 4.48. The van der Waals surface area contributed by atoms with Gasteiger partial charge in [-0.05, 0) is 73.5 Å².